The number of piperidine rings is 2. The van der Waals surface area contributed by atoms with Crippen molar-refractivity contribution in [2.45, 2.75) is 57.7 Å². The van der Waals surface area contributed by atoms with Crippen LogP contribution in [0, 0.1) is 5.92 Å². The van der Waals surface area contributed by atoms with Crippen LogP contribution in [0.25, 0.3) is 0 Å². The molecule has 5 nitrogen and oxygen atoms in total. The molecular formula is C19H37F3IN5. The van der Waals surface area contributed by atoms with Gasteiger partial charge in [-0.3, -0.25) is 14.8 Å². The van der Waals surface area contributed by atoms with Crippen molar-refractivity contribution in [3.8, 4) is 0 Å². The average molecular weight is 519 g/mol. The van der Waals surface area contributed by atoms with Gasteiger partial charge in [0.25, 0.3) is 0 Å². The van der Waals surface area contributed by atoms with Gasteiger partial charge in [0.05, 0.1) is 6.54 Å². The van der Waals surface area contributed by atoms with Gasteiger partial charge in [-0.15, -0.1) is 24.0 Å². The second-order valence-corrected chi connectivity index (χ2v) is 7.78. The predicted octanol–water partition coefficient (Wildman–Crippen LogP) is 3.31. The third-order valence-corrected chi connectivity index (χ3v) is 5.84. The molecule has 2 aliphatic heterocycles. The number of likely N-dealkylation sites (tertiary alicyclic amines) is 2. The first-order valence-electron chi connectivity index (χ1n) is 10.4. The second-order valence-electron chi connectivity index (χ2n) is 7.78. The van der Waals surface area contributed by atoms with Gasteiger partial charge in [-0.05, 0) is 64.2 Å². The summed E-state index contributed by atoms with van der Waals surface area (Å²) < 4.78 is 37.3. The molecule has 2 fully saturated rings. The van der Waals surface area contributed by atoms with Gasteiger partial charge in [0, 0.05) is 26.2 Å². The van der Waals surface area contributed by atoms with Crippen molar-refractivity contribution < 1.29 is 13.2 Å². The molecule has 0 aromatic rings. The summed E-state index contributed by atoms with van der Waals surface area (Å²) >= 11 is 0. The van der Waals surface area contributed by atoms with Crippen LogP contribution < -0.4 is 10.6 Å². The lowest BCUT2D eigenvalue weighted by atomic mass is 9.93. The SMILES string of the molecule is CCN1CCCCC1CNC(=NC)NCCC1CCN(CC(F)(F)F)CC1.I. The number of aliphatic imine (C=N–C) groups is 1. The zero-order valence-corrected chi connectivity index (χ0v) is 19.6. The van der Waals surface area contributed by atoms with Crippen LogP contribution in [0.5, 0.6) is 0 Å². The van der Waals surface area contributed by atoms with Crippen LogP contribution in [0.15, 0.2) is 4.99 Å². The molecule has 9 heteroatoms. The van der Waals surface area contributed by atoms with Gasteiger partial charge in [-0.1, -0.05) is 13.3 Å². The maximum absolute atomic E-state index is 12.4. The largest absolute Gasteiger partial charge is 0.401 e. The van der Waals surface area contributed by atoms with Crippen LogP contribution in [-0.2, 0) is 0 Å². The fraction of sp³-hybridized carbons (Fsp3) is 0.947. The molecule has 0 spiro atoms. The predicted molar refractivity (Wildman–Crippen MR) is 120 cm³/mol. The van der Waals surface area contributed by atoms with E-state index >= 15 is 0 Å². The smallest absolute Gasteiger partial charge is 0.356 e. The summed E-state index contributed by atoms with van der Waals surface area (Å²) in [5, 5.41) is 6.80. The van der Waals surface area contributed by atoms with E-state index in [0.717, 1.165) is 44.9 Å². The molecule has 0 aromatic carbocycles. The van der Waals surface area contributed by atoms with E-state index in [2.05, 4.69) is 27.4 Å². The summed E-state index contributed by atoms with van der Waals surface area (Å²) in [6.07, 6.45) is 2.40. The maximum atomic E-state index is 12.4. The first kappa shape index (κ1) is 25.7. The molecule has 0 radical (unpaired) electrons. The number of alkyl halides is 3. The van der Waals surface area contributed by atoms with Crippen LogP contribution in [0.2, 0.25) is 0 Å². The normalized spacial score (nSPS) is 23.3. The molecule has 1 unspecified atom stereocenters. The second kappa shape index (κ2) is 13.1. The highest BCUT2D eigenvalue weighted by Crippen LogP contribution is 2.24. The van der Waals surface area contributed by atoms with E-state index in [4.69, 9.17) is 0 Å². The Labute approximate surface area is 184 Å². The Morgan fingerprint density at radius 1 is 1.07 bits per heavy atom. The van der Waals surface area contributed by atoms with E-state index in [9.17, 15) is 13.2 Å². The van der Waals surface area contributed by atoms with E-state index < -0.39 is 12.7 Å². The molecule has 0 amide bonds. The Morgan fingerprint density at radius 3 is 2.39 bits per heavy atom. The molecule has 2 aliphatic rings. The Kier molecular flexibility index (Phi) is 12.0. The highest BCUT2D eigenvalue weighted by atomic mass is 127. The lowest BCUT2D eigenvalue weighted by Crippen LogP contribution is -2.49. The number of hydrogen-bond acceptors (Lipinski definition) is 3. The third-order valence-electron chi connectivity index (χ3n) is 5.84. The Morgan fingerprint density at radius 2 is 1.79 bits per heavy atom. The minimum atomic E-state index is -4.09. The van der Waals surface area contributed by atoms with Crippen molar-refractivity contribution in [1.29, 1.82) is 0 Å². The van der Waals surface area contributed by atoms with Crippen molar-refractivity contribution in [2.24, 2.45) is 10.9 Å². The zero-order valence-electron chi connectivity index (χ0n) is 17.2. The molecule has 2 rings (SSSR count). The lowest BCUT2D eigenvalue weighted by Gasteiger charge is -2.35. The number of nitrogens with one attached hydrogen (secondary N) is 2. The summed E-state index contributed by atoms with van der Waals surface area (Å²) in [5.74, 6) is 1.32. The first-order valence-corrected chi connectivity index (χ1v) is 10.4. The van der Waals surface area contributed by atoms with Crippen LogP contribution in [0.4, 0.5) is 13.2 Å². The minimum Gasteiger partial charge on any atom is -0.356 e. The summed E-state index contributed by atoms with van der Waals surface area (Å²) in [6, 6.07) is 0.570. The van der Waals surface area contributed by atoms with Crippen molar-refractivity contribution in [2.75, 3.05) is 52.9 Å². The van der Waals surface area contributed by atoms with Gasteiger partial charge < -0.3 is 10.6 Å². The molecule has 0 bridgehead atoms. The van der Waals surface area contributed by atoms with Crippen molar-refractivity contribution in [3.05, 3.63) is 0 Å². The highest BCUT2D eigenvalue weighted by Gasteiger charge is 2.32. The molecular weight excluding hydrogens is 482 g/mol. The van der Waals surface area contributed by atoms with Gasteiger partial charge in [-0.2, -0.15) is 13.2 Å². The summed E-state index contributed by atoms with van der Waals surface area (Å²) in [6.45, 7) is 6.52. The summed E-state index contributed by atoms with van der Waals surface area (Å²) in [4.78, 5) is 8.35. The van der Waals surface area contributed by atoms with Gasteiger partial charge >= 0.3 is 6.18 Å². The minimum absolute atomic E-state index is 0. The topological polar surface area (TPSA) is 42.9 Å². The van der Waals surface area contributed by atoms with E-state index in [-0.39, 0.29) is 24.0 Å². The number of halogens is 4. The van der Waals surface area contributed by atoms with Crippen LogP contribution in [-0.4, -0.2) is 80.8 Å². The maximum Gasteiger partial charge on any atom is 0.401 e. The van der Waals surface area contributed by atoms with Crippen LogP contribution in [0.1, 0.15) is 45.4 Å². The number of nitrogens with zero attached hydrogens (tertiary/aromatic N) is 3. The van der Waals surface area contributed by atoms with Gasteiger partial charge in [-0.25, -0.2) is 0 Å². The molecule has 166 valence electrons. The molecule has 0 saturated carbocycles. The summed E-state index contributed by atoms with van der Waals surface area (Å²) in [5.41, 5.74) is 0. The number of likely N-dealkylation sites (N-methyl/N-ethyl adjacent to an activating group) is 1. The average Bonchev–Trinajstić information content (AvgIpc) is 2.65. The fourth-order valence-electron chi connectivity index (χ4n) is 4.22. The van der Waals surface area contributed by atoms with Crippen molar-refractivity contribution in [3.63, 3.8) is 0 Å². The quantitative estimate of drug-likeness (QED) is 0.308. The monoisotopic (exact) mass is 519 g/mol. The molecule has 0 aliphatic carbocycles. The Bertz CT molecular complexity index is 453. The first-order chi connectivity index (χ1) is 12.9. The summed E-state index contributed by atoms with van der Waals surface area (Å²) in [7, 11) is 1.78. The third kappa shape index (κ3) is 9.47. The van der Waals surface area contributed by atoms with E-state index in [1.165, 1.54) is 30.7 Å². The fourth-order valence-corrected chi connectivity index (χ4v) is 4.22. The van der Waals surface area contributed by atoms with Gasteiger partial charge in [0.15, 0.2) is 5.96 Å². The van der Waals surface area contributed by atoms with E-state index in [1.807, 2.05) is 0 Å². The van der Waals surface area contributed by atoms with Gasteiger partial charge in [0.1, 0.15) is 0 Å². The van der Waals surface area contributed by atoms with Crippen LogP contribution in [0.3, 0.4) is 0 Å². The molecule has 2 heterocycles. The standard InChI is InChI=1S/C19H36F3N5.HI/c1-3-27-11-5-4-6-17(27)14-25-18(23-2)24-10-7-16-8-12-26(13-9-16)15-19(20,21)22;/h16-17H,3-15H2,1-2H3,(H2,23,24,25);1H. The number of guanidine groups is 1. The molecule has 1 atom stereocenters. The number of rotatable bonds is 7. The van der Waals surface area contributed by atoms with Crippen LogP contribution >= 0.6 is 24.0 Å². The molecule has 2 N–H and O–H groups in total. The molecule has 0 aromatic heterocycles. The highest BCUT2D eigenvalue weighted by molar-refractivity contribution is 14.0. The van der Waals surface area contributed by atoms with Crippen molar-refractivity contribution in [1.82, 2.24) is 20.4 Å². The van der Waals surface area contributed by atoms with Crippen molar-refractivity contribution >= 4 is 29.9 Å². The zero-order chi connectivity index (χ0) is 19.7. The Balaban J connectivity index is 0.00000392. The Hall–Kier alpha value is -0.290. The molecule has 2 saturated heterocycles. The molecule has 28 heavy (non-hydrogen) atoms. The van der Waals surface area contributed by atoms with Gasteiger partial charge in [0.2, 0.25) is 0 Å². The lowest BCUT2D eigenvalue weighted by molar-refractivity contribution is -0.148. The van der Waals surface area contributed by atoms with E-state index in [0.29, 0.717) is 25.0 Å². The number of hydrogen-bond donors (Lipinski definition) is 2. The van der Waals surface area contributed by atoms with E-state index in [1.54, 1.807) is 7.05 Å².